The second kappa shape index (κ2) is 6.49. The van der Waals surface area contributed by atoms with Crippen molar-refractivity contribution < 1.29 is 4.79 Å². The molecule has 0 spiro atoms. The van der Waals surface area contributed by atoms with Crippen LogP contribution in [0.15, 0.2) is 0 Å². The third-order valence-electron chi connectivity index (χ3n) is 1.24. The molecular weight excluding hydrogens is 160 g/mol. The number of amides is 1. The summed E-state index contributed by atoms with van der Waals surface area (Å²) in [5.74, 6) is 1.02. The van der Waals surface area contributed by atoms with Gasteiger partial charge in [0.05, 0.1) is 6.04 Å². The average Bonchev–Trinajstić information content (AvgIpc) is 1.97. The van der Waals surface area contributed by atoms with E-state index in [1.807, 2.05) is 6.26 Å². The van der Waals surface area contributed by atoms with E-state index < -0.39 is 0 Å². The molecule has 1 unspecified atom stereocenters. The highest BCUT2D eigenvalue weighted by Gasteiger charge is 2.04. The molecule has 1 amide bonds. The molecule has 0 fully saturated rings. The predicted octanol–water partition coefficient (Wildman–Crippen LogP) is 0.203. The van der Waals surface area contributed by atoms with E-state index in [-0.39, 0.29) is 11.9 Å². The van der Waals surface area contributed by atoms with Crippen LogP contribution in [-0.2, 0) is 4.79 Å². The molecule has 4 heteroatoms. The van der Waals surface area contributed by atoms with Gasteiger partial charge in [0.15, 0.2) is 0 Å². The quantitative estimate of drug-likeness (QED) is 0.588. The largest absolute Gasteiger partial charge is 0.355 e. The SMILES string of the molecule is CSCCCNC(=O)C(C)N. The molecule has 0 rings (SSSR count). The summed E-state index contributed by atoms with van der Waals surface area (Å²) in [6.45, 7) is 2.42. The van der Waals surface area contributed by atoms with Gasteiger partial charge in [-0.3, -0.25) is 4.79 Å². The van der Waals surface area contributed by atoms with Crippen molar-refractivity contribution in [2.45, 2.75) is 19.4 Å². The Bertz CT molecular complexity index is 117. The lowest BCUT2D eigenvalue weighted by Crippen LogP contribution is -2.38. The van der Waals surface area contributed by atoms with Gasteiger partial charge in [-0.1, -0.05) is 0 Å². The first-order chi connectivity index (χ1) is 5.18. The van der Waals surface area contributed by atoms with Gasteiger partial charge in [-0.15, -0.1) is 0 Å². The van der Waals surface area contributed by atoms with Crippen LogP contribution in [0.1, 0.15) is 13.3 Å². The van der Waals surface area contributed by atoms with Crippen LogP contribution in [-0.4, -0.2) is 30.5 Å². The van der Waals surface area contributed by atoms with E-state index in [1.165, 1.54) is 0 Å². The smallest absolute Gasteiger partial charge is 0.236 e. The highest BCUT2D eigenvalue weighted by Crippen LogP contribution is 1.93. The molecule has 1 atom stereocenters. The van der Waals surface area contributed by atoms with E-state index in [0.717, 1.165) is 18.7 Å². The Kier molecular flexibility index (Phi) is 6.36. The fraction of sp³-hybridized carbons (Fsp3) is 0.857. The molecule has 66 valence electrons. The first kappa shape index (κ1) is 10.8. The monoisotopic (exact) mass is 176 g/mol. The van der Waals surface area contributed by atoms with E-state index in [2.05, 4.69) is 5.32 Å². The van der Waals surface area contributed by atoms with Gasteiger partial charge in [0, 0.05) is 6.54 Å². The van der Waals surface area contributed by atoms with Gasteiger partial charge < -0.3 is 11.1 Å². The molecule has 0 saturated heterocycles. The molecule has 0 aromatic rings. The molecule has 0 aromatic carbocycles. The lowest BCUT2D eigenvalue weighted by Gasteiger charge is -2.06. The van der Waals surface area contributed by atoms with Crippen molar-refractivity contribution in [1.29, 1.82) is 0 Å². The lowest BCUT2D eigenvalue weighted by molar-refractivity contribution is -0.121. The first-order valence-corrected chi connectivity index (χ1v) is 5.10. The number of nitrogens with one attached hydrogen (secondary N) is 1. The van der Waals surface area contributed by atoms with E-state index >= 15 is 0 Å². The van der Waals surface area contributed by atoms with Gasteiger partial charge in [-0.25, -0.2) is 0 Å². The summed E-state index contributed by atoms with van der Waals surface area (Å²) >= 11 is 1.78. The Balaban J connectivity index is 3.18. The standard InChI is InChI=1S/C7H16N2OS/c1-6(8)7(10)9-4-3-5-11-2/h6H,3-5,8H2,1-2H3,(H,9,10). The maximum absolute atomic E-state index is 10.9. The minimum absolute atomic E-state index is 0.0638. The lowest BCUT2D eigenvalue weighted by atomic mass is 10.3. The Hall–Kier alpha value is -0.220. The van der Waals surface area contributed by atoms with Gasteiger partial charge in [0.25, 0.3) is 0 Å². The van der Waals surface area contributed by atoms with Crippen molar-refractivity contribution in [1.82, 2.24) is 5.32 Å². The fourth-order valence-electron chi connectivity index (χ4n) is 0.589. The Morgan fingerprint density at radius 2 is 2.36 bits per heavy atom. The van der Waals surface area contributed by atoms with E-state index in [4.69, 9.17) is 5.73 Å². The Morgan fingerprint density at radius 1 is 1.73 bits per heavy atom. The summed E-state index contributed by atoms with van der Waals surface area (Å²) in [5, 5.41) is 2.74. The van der Waals surface area contributed by atoms with E-state index in [9.17, 15) is 4.79 Å². The molecule has 0 bridgehead atoms. The topological polar surface area (TPSA) is 55.1 Å². The average molecular weight is 176 g/mol. The van der Waals surface area contributed by atoms with E-state index in [1.54, 1.807) is 18.7 Å². The van der Waals surface area contributed by atoms with Crippen molar-refractivity contribution in [2.24, 2.45) is 5.73 Å². The van der Waals surface area contributed by atoms with Crippen LogP contribution in [0.25, 0.3) is 0 Å². The van der Waals surface area contributed by atoms with Crippen molar-refractivity contribution in [3.8, 4) is 0 Å². The van der Waals surface area contributed by atoms with Crippen LogP contribution < -0.4 is 11.1 Å². The van der Waals surface area contributed by atoms with Crippen LogP contribution in [0.3, 0.4) is 0 Å². The summed E-state index contributed by atoms with van der Waals surface area (Å²) in [4.78, 5) is 10.9. The molecule has 0 aliphatic rings. The maximum Gasteiger partial charge on any atom is 0.236 e. The zero-order valence-electron chi connectivity index (χ0n) is 7.09. The highest BCUT2D eigenvalue weighted by molar-refractivity contribution is 7.98. The van der Waals surface area contributed by atoms with Gasteiger partial charge in [0.1, 0.15) is 0 Å². The summed E-state index contributed by atoms with van der Waals surface area (Å²) in [6, 6.07) is -0.385. The highest BCUT2D eigenvalue weighted by atomic mass is 32.2. The third-order valence-corrected chi connectivity index (χ3v) is 1.93. The molecule has 0 radical (unpaired) electrons. The number of hydrogen-bond acceptors (Lipinski definition) is 3. The number of rotatable bonds is 5. The maximum atomic E-state index is 10.9. The summed E-state index contributed by atoms with van der Waals surface area (Å²) < 4.78 is 0. The number of nitrogens with two attached hydrogens (primary N) is 1. The van der Waals surface area contributed by atoms with Crippen LogP contribution in [0.2, 0.25) is 0 Å². The van der Waals surface area contributed by atoms with Crippen LogP contribution in [0, 0.1) is 0 Å². The van der Waals surface area contributed by atoms with Gasteiger partial charge in [0.2, 0.25) is 5.91 Å². The van der Waals surface area contributed by atoms with Crippen molar-refractivity contribution in [2.75, 3.05) is 18.6 Å². The molecule has 0 aliphatic heterocycles. The normalized spacial score (nSPS) is 12.6. The van der Waals surface area contributed by atoms with Crippen LogP contribution in [0.4, 0.5) is 0 Å². The van der Waals surface area contributed by atoms with Crippen molar-refractivity contribution in [3.05, 3.63) is 0 Å². The molecule has 11 heavy (non-hydrogen) atoms. The van der Waals surface area contributed by atoms with Gasteiger partial charge in [-0.05, 0) is 25.4 Å². The molecule has 0 aromatic heterocycles. The van der Waals surface area contributed by atoms with Gasteiger partial charge >= 0.3 is 0 Å². The number of carbonyl (C=O) groups excluding carboxylic acids is 1. The zero-order chi connectivity index (χ0) is 8.69. The van der Waals surface area contributed by atoms with Crippen molar-refractivity contribution >= 4 is 17.7 Å². The second-order valence-electron chi connectivity index (χ2n) is 2.43. The molecule has 0 saturated carbocycles. The number of hydrogen-bond donors (Lipinski definition) is 2. The Labute approximate surface area is 72.1 Å². The molecule has 0 aliphatic carbocycles. The summed E-state index contributed by atoms with van der Waals surface area (Å²) in [6.07, 6.45) is 3.06. The summed E-state index contributed by atoms with van der Waals surface area (Å²) in [7, 11) is 0. The third kappa shape index (κ3) is 6.19. The molecule has 3 nitrogen and oxygen atoms in total. The Morgan fingerprint density at radius 3 is 2.82 bits per heavy atom. The molecule has 0 heterocycles. The number of carbonyl (C=O) groups is 1. The predicted molar refractivity (Wildman–Crippen MR) is 49.7 cm³/mol. The number of thioether (sulfide) groups is 1. The van der Waals surface area contributed by atoms with Crippen LogP contribution >= 0.6 is 11.8 Å². The molecular formula is C7H16N2OS. The van der Waals surface area contributed by atoms with E-state index in [0.29, 0.717) is 0 Å². The van der Waals surface area contributed by atoms with Crippen molar-refractivity contribution in [3.63, 3.8) is 0 Å². The van der Waals surface area contributed by atoms with Gasteiger partial charge in [-0.2, -0.15) is 11.8 Å². The molecule has 3 N–H and O–H groups in total. The minimum atomic E-state index is -0.385. The summed E-state index contributed by atoms with van der Waals surface area (Å²) in [5.41, 5.74) is 5.33. The second-order valence-corrected chi connectivity index (χ2v) is 3.41. The zero-order valence-corrected chi connectivity index (χ0v) is 7.91. The fourth-order valence-corrected chi connectivity index (χ4v) is 1.02. The minimum Gasteiger partial charge on any atom is -0.355 e. The van der Waals surface area contributed by atoms with Crippen LogP contribution in [0.5, 0.6) is 0 Å². The first-order valence-electron chi connectivity index (χ1n) is 3.70.